The third-order valence-corrected chi connectivity index (χ3v) is 3.28. The fourth-order valence-electron chi connectivity index (χ4n) is 2.29. The van der Waals surface area contributed by atoms with Gasteiger partial charge in [0.15, 0.2) is 6.61 Å². The van der Waals surface area contributed by atoms with Gasteiger partial charge in [0.05, 0.1) is 0 Å². The molecule has 0 aliphatic carbocycles. The van der Waals surface area contributed by atoms with Crippen molar-refractivity contribution in [2.75, 3.05) is 13.2 Å². The Kier molecular flexibility index (Phi) is 4.97. The number of nitrogens with zero attached hydrogens (tertiary/aromatic N) is 1. The van der Waals surface area contributed by atoms with Crippen molar-refractivity contribution in [3.8, 4) is 11.5 Å². The fourth-order valence-corrected chi connectivity index (χ4v) is 2.29. The van der Waals surface area contributed by atoms with Gasteiger partial charge in [-0.25, -0.2) is 4.79 Å². The molecule has 2 rings (SSSR count). The number of rotatable bonds is 5. The van der Waals surface area contributed by atoms with Crippen LogP contribution < -0.4 is 9.47 Å². The molecule has 1 aromatic rings. The Morgan fingerprint density at radius 1 is 1.22 bits per heavy atom. The number of amides is 1. The number of benzene rings is 1. The monoisotopic (exact) mass is 333 g/mol. The minimum absolute atomic E-state index is 0.180. The second-order valence-electron chi connectivity index (χ2n) is 4.89. The van der Waals surface area contributed by atoms with Crippen molar-refractivity contribution in [2.45, 2.75) is 25.2 Å². The number of hydrogen-bond donors (Lipinski definition) is 1. The maximum absolute atomic E-state index is 12.0. The van der Waals surface area contributed by atoms with Crippen molar-refractivity contribution in [1.29, 1.82) is 0 Å². The highest BCUT2D eigenvalue weighted by Crippen LogP contribution is 2.25. The van der Waals surface area contributed by atoms with Gasteiger partial charge in [0.2, 0.25) is 0 Å². The second-order valence-corrected chi connectivity index (χ2v) is 4.89. The van der Waals surface area contributed by atoms with Crippen molar-refractivity contribution in [3.05, 3.63) is 24.3 Å². The zero-order chi connectivity index (χ0) is 17.0. The lowest BCUT2D eigenvalue weighted by atomic mass is 10.2. The zero-order valence-corrected chi connectivity index (χ0v) is 11.9. The molecule has 6 nitrogen and oxygen atoms in total. The van der Waals surface area contributed by atoms with E-state index < -0.39 is 30.0 Å². The number of aliphatic carboxylic acids is 1. The maximum Gasteiger partial charge on any atom is 0.573 e. The van der Waals surface area contributed by atoms with Crippen molar-refractivity contribution in [3.63, 3.8) is 0 Å². The number of likely N-dealkylation sites (tertiary alicyclic amines) is 1. The largest absolute Gasteiger partial charge is 0.573 e. The highest BCUT2D eigenvalue weighted by atomic mass is 19.4. The molecule has 1 aliphatic rings. The van der Waals surface area contributed by atoms with Crippen LogP contribution in [0.1, 0.15) is 12.8 Å². The highest BCUT2D eigenvalue weighted by Gasteiger charge is 2.34. The molecule has 1 amide bonds. The number of ether oxygens (including phenoxy) is 2. The third kappa shape index (κ3) is 4.76. The lowest BCUT2D eigenvalue weighted by Crippen LogP contribution is -2.42. The molecule has 0 aromatic heterocycles. The van der Waals surface area contributed by atoms with E-state index in [1.807, 2.05) is 0 Å². The molecule has 1 fully saturated rings. The van der Waals surface area contributed by atoms with E-state index in [0.717, 1.165) is 12.1 Å². The van der Waals surface area contributed by atoms with Crippen molar-refractivity contribution >= 4 is 11.9 Å². The minimum atomic E-state index is -4.78. The van der Waals surface area contributed by atoms with E-state index >= 15 is 0 Å². The number of carbonyl (C=O) groups excluding carboxylic acids is 1. The quantitative estimate of drug-likeness (QED) is 0.892. The van der Waals surface area contributed by atoms with E-state index in [9.17, 15) is 22.8 Å². The molecule has 1 aromatic carbocycles. The van der Waals surface area contributed by atoms with Crippen LogP contribution >= 0.6 is 0 Å². The van der Waals surface area contributed by atoms with Crippen LogP contribution in [0.15, 0.2) is 24.3 Å². The summed E-state index contributed by atoms with van der Waals surface area (Å²) in [5.41, 5.74) is 0. The Morgan fingerprint density at radius 3 is 2.39 bits per heavy atom. The van der Waals surface area contributed by atoms with Crippen LogP contribution in [0.5, 0.6) is 11.5 Å². The molecule has 1 heterocycles. The van der Waals surface area contributed by atoms with Gasteiger partial charge in [-0.1, -0.05) is 0 Å². The fraction of sp³-hybridized carbons (Fsp3) is 0.429. The molecule has 0 radical (unpaired) electrons. The molecule has 9 heteroatoms. The van der Waals surface area contributed by atoms with Crippen LogP contribution in [-0.2, 0) is 9.59 Å². The van der Waals surface area contributed by atoms with Gasteiger partial charge in [0, 0.05) is 6.54 Å². The van der Waals surface area contributed by atoms with Crippen LogP contribution in [-0.4, -0.2) is 47.4 Å². The predicted octanol–water partition coefficient (Wildman–Crippen LogP) is 2.04. The van der Waals surface area contributed by atoms with Gasteiger partial charge in [-0.3, -0.25) is 4.79 Å². The second kappa shape index (κ2) is 6.76. The molecule has 0 spiro atoms. The van der Waals surface area contributed by atoms with Crippen molar-refractivity contribution < 1.29 is 37.3 Å². The van der Waals surface area contributed by atoms with Gasteiger partial charge in [0.1, 0.15) is 17.5 Å². The van der Waals surface area contributed by atoms with Crippen molar-refractivity contribution in [1.82, 2.24) is 4.90 Å². The lowest BCUT2D eigenvalue weighted by molar-refractivity contribution is -0.274. The van der Waals surface area contributed by atoms with E-state index in [2.05, 4.69) is 4.74 Å². The summed E-state index contributed by atoms with van der Waals surface area (Å²) < 4.78 is 44.9. The predicted molar refractivity (Wildman–Crippen MR) is 71.0 cm³/mol. The summed E-state index contributed by atoms with van der Waals surface area (Å²) in [4.78, 5) is 24.2. The van der Waals surface area contributed by atoms with E-state index in [-0.39, 0.29) is 12.4 Å². The van der Waals surface area contributed by atoms with E-state index in [0.29, 0.717) is 19.4 Å². The minimum Gasteiger partial charge on any atom is -0.484 e. The normalized spacial score (nSPS) is 17.9. The van der Waals surface area contributed by atoms with Gasteiger partial charge in [0.25, 0.3) is 5.91 Å². The molecule has 1 atom stereocenters. The number of carbonyl (C=O) groups is 2. The summed E-state index contributed by atoms with van der Waals surface area (Å²) in [5.74, 6) is -1.77. The molecule has 0 bridgehead atoms. The Labute approximate surface area is 129 Å². The van der Waals surface area contributed by atoms with Crippen molar-refractivity contribution in [2.24, 2.45) is 0 Å². The lowest BCUT2D eigenvalue weighted by Gasteiger charge is -2.21. The average molecular weight is 333 g/mol. The molecule has 23 heavy (non-hydrogen) atoms. The molecular formula is C14H14F3NO5. The number of halogens is 3. The highest BCUT2D eigenvalue weighted by molar-refractivity contribution is 5.85. The zero-order valence-electron chi connectivity index (χ0n) is 11.9. The van der Waals surface area contributed by atoms with Crippen LogP contribution in [0.2, 0.25) is 0 Å². The summed E-state index contributed by atoms with van der Waals surface area (Å²) in [6.07, 6.45) is -3.78. The first-order chi connectivity index (χ1) is 10.8. The first-order valence-corrected chi connectivity index (χ1v) is 6.77. The Balaban J connectivity index is 1.88. The number of carboxylic acids is 1. The molecule has 0 saturated carbocycles. The summed E-state index contributed by atoms with van der Waals surface area (Å²) >= 11 is 0. The Bertz CT molecular complexity index is 573. The van der Waals surface area contributed by atoms with Gasteiger partial charge >= 0.3 is 12.3 Å². The summed E-state index contributed by atoms with van der Waals surface area (Å²) in [6.45, 7) is -0.0409. The van der Waals surface area contributed by atoms with Gasteiger partial charge in [-0.2, -0.15) is 0 Å². The maximum atomic E-state index is 12.0. The Morgan fingerprint density at radius 2 is 1.83 bits per heavy atom. The summed E-state index contributed by atoms with van der Waals surface area (Å²) in [7, 11) is 0. The first kappa shape index (κ1) is 16.9. The molecule has 1 saturated heterocycles. The molecule has 1 unspecified atom stereocenters. The summed E-state index contributed by atoms with van der Waals surface area (Å²) in [5, 5.41) is 9.00. The van der Waals surface area contributed by atoms with E-state index in [1.165, 1.54) is 17.0 Å². The smallest absolute Gasteiger partial charge is 0.484 e. The van der Waals surface area contributed by atoms with Crippen LogP contribution in [0.3, 0.4) is 0 Å². The number of hydrogen-bond acceptors (Lipinski definition) is 4. The molecule has 126 valence electrons. The van der Waals surface area contributed by atoms with Crippen LogP contribution in [0.25, 0.3) is 0 Å². The average Bonchev–Trinajstić information content (AvgIpc) is 2.94. The molecular weight excluding hydrogens is 319 g/mol. The summed E-state index contributed by atoms with van der Waals surface area (Å²) in [6, 6.07) is 3.72. The van der Waals surface area contributed by atoms with Crippen LogP contribution in [0.4, 0.5) is 13.2 Å². The first-order valence-electron chi connectivity index (χ1n) is 6.77. The third-order valence-electron chi connectivity index (χ3n) is 3.28. The number of alkyl halides is 3. The number of carboxylic acid groups (broad SMARTS) is 1. The SMILES string of the molecule is O=C(O)C1CCCN1C(=O)COc1ccc(OC(F)(F)F)cc1. The van der Waals surface area contributed by atoms with E-state index in [4.69, 9.17) is 9.84 Å². The van der Waals surface area contributed by atoms with E-state index in [1.54, 1.807) is 0 Å². The Hall–Kier alpha value is -2.45. The van der Waals surface area contributed by atoms with Gasteiger partial charge in [-0.15, -0.1) is 13.2 Å². The standard InChI is InChI=1S/C14H14F3NO5/c15-14(16,17)23-10-5-3-9(4-6-10)22-8-12(19)18-7-1-2-11(18)13(20)21/h3-6,11H,1-2,7-8H2,(H,20,21). The van der Waals surface area contributed by atoms with Gasteiger partial charge < -0.3 is 19.5 Å². The van der Waals surface area contributed by atoms with Gasteiger partial charge in [-0.05, 0) is 37.1 Å². The van der Waals surface area contributed by atoms with Crippen LogP contribution in [0, 0.1) is 0 Å². The topological polar surface area (TPSA) is 76.1 Å². The molecule has 1 N–H and O–H groups in total. The molecule has 1 aliphatic heterocycles.